The Balaban J connectivity index is 1.54. The number of aromatic nitrogens is 4. The fourth-order valence-corrected chi connectivity index (χ4v) is 7.97. The summed E-state index contributed by atoms with van der Waals surface area (Å²) in [6.45, 7) is 13.3. The average molecular weight is 693 g/mol. The number of aryl methyl sites for hydroxylation is 1. The number of aldehydes is 1. The zero-order valence-corrected chi connectivity index (χ0v) is 30.1. The summed E-state index contributed by atoms with van der Waals surface area (Å²) in [6, 6.07) is 5.74. The first-order chi connectivity index (χ1) is 24.6. The van der Waals surface area contributed by atoms with Crippen LogP contribution in [-0.4, -0.2) is 100 Å². The first-order valence-corrected chi connectivity index (χ1v) is 17.7. The standard InChI is InChI=1S/C39H44N6O6/c1-7-24-20(2)28-17-32-26(19-46)22(4)27(41-32)16-29-21(3)25(8-9-33(47)50-6)36(42-29)35-37-34(23(5)30(43-37)18-31(24)40-28)38(48)45(39(35)49)11-10-44-12-14-51-15-13-44/h16-19,21,25,42-43H,7-15H2,1-6H3/t21-,25-/m0/s1. The monoisotopic (exact) mass is 692 g/mol. The summed E-state index contributed by atoms with van der Waals surface area (Å²) in [4.78, 5) is 74.6. The third-order valence-corrected chi connectivity index (χ3v) is 11.1. The van der Waals surface area contributed by atoms with Crippen molar-refractivity contribution in [2.24, 2.45) is 0 Å². The van der Waals surface area contributed by atoms with E-state index in [1.165, 1.54) is 12.0 Å². The van der Waals surface area contributed by atoms with Gasteiger partial charge in [0.15, 0.2) is 6.29 Å². The van der Waals surface area contributed by atoms with Crippen LogP contribution in [0.2, 0.25) is 0 Å². The number of esters is 1. The van der Waals surface area contributed by atoms with Crippen LogP contribution in [0.25, 0.3) is 33.3 Å². The molecule has 0 saturated carbocycles. The minimum atomic E-state index is -0.393. The molecular weight excluding hydrogens is 648 g/mol. The molecule has 1 fully saturated rings. The van der Waals surface area contributed by atoms with Gasteiger partial charge < -0.3 is 19.4 Å². The second-order valence-electron chi connectivity index (χ2n) is 13.8. The van der Waals surface area contributed by atoms with Gasteiger partial charge in [0.1, 0.15) is 0 Å². The van der Waals surface area contributed by atoms with Crippen LogP contribution >= 0.6 is 0 Å². The van der Waals surface area contributed by atoms with Crippen LogP contribution in [-0.2, 0) is 19.1 Å². The van der Waals surface area contributed by atoms with Gasteiger partial charge in [-0.3, -0.25) is 29.0 Å². The van der Waals surface area contributed by atoms with Gasteiger partial charge in [-0.05, 0) is 74.1 Å². The molecule has 0 radical (unpaired) electrons. The van der Waals surface area contributed by atoms with Crippen molar-refractivity contribution in [2.75, 3.05) is 46.5 Å². The van der Waals surface area contributed by atoms with Crippen molar-refractivity contribution in [3.63, 3.8) is 0 Å². The number of carbonyl (C=O) groups excluding carboxylic acids is 4. The lowest BCUT2D eigenvalue weighted by Gasteiger charge is -2.31. The maximum Gasteiger partial charge on any atom is 0.305 e. The van der Waals surface area contributed by atoms with E-state index >= 15 is 0 Å². The van der Waals surface area contributed by atoms with Gasteiger partial charge in [-0.2, -0.15) is 0 Å². The van der Waals surface area contributed by atoms with Crippen LogP contribution in [0.4, 0.5) is 0 Å². The van der Waals surface area contributed by atoms with E-state index in [0.29, 0.717) is 71.0 Å². The average Bonchev–Trinajstić information content (AvgIpc) is 3.80. The zero-order valence-electron chi connectivity index (χ0n) is 30.1. The van der Waals surface area contributed by atoms with Crippen molar-refractivity contribution in [3.05, 3.63) is 69.1 Å². The highest BCUT2D eigenvalue weighted by molar-refractivity contribution is 6.23. The Morgan fingerprint density at radius 3 is 2.37 bits per heavy atom. The van der Waals surface area contributed by atoms with Crippen molar-refractivity contribution < 1.29 is 28.7 Å². The van der Waals surface area contributed by atoms with E-state index in [1.54, 1.807) is 0 Å². The highest BCUT2D eigenvalue weighted by Crippen LogP contribution is 2.44. The number of nitrogens with one attached hydrogen (secondary N) is 2. The molecule has 12 heteroatoms. The SMILES string of the molecule is CCC1=C(C)c2cc3nc(cc4[nH]c(c5c6[nH]c(cc1n2)c(C)c6C(=O)N(CCN1CCOCC1)C5=O)[C@@H](CCC(=O)OC)[C@@H]4C)C(C)=C3C=O. The molecule has 7 heterocycles. The smallest absolute Gasteiger partial charge is 0.305 e. The molecule has 2 aromatic heterocycles. The molecule has 0 spiro atoms. The number of morpholine rings is 1. The largest absolute Gasteiger partial charge is 0.469 e. The molecule has 12 nitrogen and oxygen atoms in total. The summed E-state index contributed by atoms with van der Waals surface area (Å²) in [7, 11) is 1.36. The summed E-state index contributed by atoms with van der Waals surface area (Å²) in [6.07, 6.45) is 2.11. The number of amides is 2. The van der Waals surface area contributed by atoms with E-state index in [4.69, 9.17) is 19.4 Å². The maximum absolute atomic E-state index is 14.8. The van der Waals surface area contributed by atoms with Crippen molar-refractivity contribution in [3.8, 4) is 0 Å². The molecule has 0 aromatic carbocycles. The van der Waals surface area contributed by atoms with Crippen molar-refractivity contribution in [1.82, 2.24) is 29.7 Å². The van der Waals surface area contributed by atoms with Crippen LogP contribution in [0.3, 0.4) is 0 Å². The number of aromatic amines is 2. The third-order valence-electron chi connectivity index (χ3n) is 11.1. The molecule has 51 heavy (non-hydrogen) atoms. The Hall–Kier alpha value is -4.94. The molecular formula is C39H44N6O6. The number of imide groups is 1. The Bertz CT molecular complexity index is 2110. The Labute approximate surface area is 296 Å². The van der Waals surface area contributed by atoms with Crippen LogP contribution in [0, 0.1) is 6.92 Å². The van der Waals surface area contributed by atoms with Crippen LogP contribution in [0.5, 0.6) is 0 Å². The number of hydrogen-bond donors (Lipinski definition) is 2. The molecule has 2 N–H and O–H groups in total. The number of ether oxygens (including phenoxy) is 2. The summed E-state index contributed by atoms with van der Waals surface area (Å²) in [5.74, 6) is -1.53. The predicted octanol–water partition coefficient (Wildman–Crippen LogP) is 5.58. The van der Waals surface area contributed by atoms with E-state index in [9.17, 15) is 19.2 Å². The second kappa shape index (κ2) is 13.6. The Morgan fingerprint density at radius 1 is 0.961 bits per heavy atom. The molecule has 266 valence electrons. The summed E-state index contributed by atoms with van der Waals surface area (Å²) < 4.78 is 10.5. The van der Waals surface area contributed by atoms with E-state index in [1.807, 2.05) is 45.9 Å². The predicted molar refractivity (Wildman–Crippen MR) is 193 cm³/mol. The summed E-state index contributed by atoms with van der Waals surface area (Å²) in [5, 5.41) is 0. The molecule has 2 amide bonds. The van der Waals surface area contributed by atoms with Crippen molar-refractivity contribution in [2.45, 2.75) is 65.7 Å². The lowest BCUT2D eigenvalue weighted by Crippen LogP contribution is -2.47. The van der Waals surface area contributed by atoms with Crippen molar-refractivity contribution >= 4 is 57.4 Å². The van der Waals surface area contributed by atoms with Crippen LogP contribution < -0.4 is 0 Å². The molecule has 0 unspecified atom stereocenters. The van der Waals surface area contributed by atoms with Gasteiger partial charge >= 0.3 is 5.97 Å². The fourth-order valence-electron chi connectivity index (χ4n) is 7.97. The third kappa shape index (κ3) is 5.89. The van der Waals surface area contributed by atoms with Crippen LogP contribution in [0.1, 0.15) is 119 Å². The van der Waals surface area contributed by atoms with Crippen LogP contribution in [0.15, 0.2) is 18.2 Å². The molecule has 2 atom stereocenters. The van der Waals surface area contributed by atoms with Gasteiger partial charge in [-0.1, -0.05) is 13.8 Å². The maximum atomic E-state index is 14.8. The van der Waals surface area contributed by atoms with Crippen molar-refractivity contribution in [1.29, 1.82) is 0 Å². The fraction of sp³-hybridized carbons (Fsp3) is 0.436. The zero-order chi connectivity index (χ0) is 36.1. The van der Waals surface area contributed by atoms with E-state index < -0.39 is 5.91 Å². The molecule has 7 rings (SSSR count). The lowest BCUT2D eigenvalue weighted by atomic mass is 9.84. The van der Waals surface area contributed by atoms with Gasteiger partial charge in [0, 0.05) is 66.9 Å². The van der Waals surface area contributed by atoms with E-state index in [-0.39, 0.29) is 36.7 Å². The second-order valence-corrected chi connectivity index (χ2v) is 13.8. The van der Waals surface area contributed by atoms with Gasteiger partial charge in [0.25, 0.3) is 11.8 Å². The molecule has 1 saturated heterocycles. The number of methoxy groups -OCH3 is 1. The van der Waals surface area contributed by atoms with E-state index in [0.717, 1.165) is 65.2 Å². The number of nitrogens with zero attached hydrogens (tertiary/aromatic N) is 4. The number of rotatable bonds is 8. The number of hydrogen-bond acceptors (Lipinski definition) is 9. The summed E-state index contributed by atoms with van der Waals surface area (Å²) in [5.41, 5.74) is 10.0. The Kier molecular flexibility index (Phi) is 9.23. The first kappa shape index (κ1) is 34.5. The minimum Gasteiger partial charge on any atom is -0.469 e. The Morgan fingerprint density at radius 2 is 1.67 bits per heavy atom. The quantitative estimate of drug-likeness (QED) is 0.205. The topological polar surface area (TPSA) is 151 Å². The van der Waals surface area contributed by atoms with Gasteiger partial charge in [0.2, 0.25) is 0 Å². The molecule has 5 aliphatic heterocycles. The molecule has 2 aromatic rings. The molecule has 8 bridgehead atoms. The minimum absolute atomic E-state index is 0.146. The van der Waals surface area contributed by atoms with Gasteiger partial charge in [0.05, 0.1) is 59.7 Å². The highest BCUT2D eigenvalue weighted by atomic mass is 16.5. The number of H-pyrrole nitrogens is 2. The van der Waals surface area contributed by atoms with Gasteiger partial charge in [-0.25, -0.2) is 9.97 Å². The number of allylic oxidation sites excluding steroid dienone is 4. The van der Waals surface area contributed by atoms with E-state index in [2.05, 4.69) is 21.8 Å². The summed E-state index contributed by atoms with van der Waals surface area (Å²) >= 11 is 0. The normalized spacial score (nSPS) is 19.9. The van der Waals surface area contributed by atoms with Gasteiger partial charge in [-0.15, -0.1) is 0 Å². The first-order valence-electron chi connectivity index (χ1n) is 17.7. The lowest BCUT2D eigenvalue weighted by molar-refractivity contribution is -0.140. The number of fused-ring (bicyclic) bond motifs is 8. The molecule has 5 aliphatic rings. The highest BCUT2D eigenvalue weighted by Gasteiger charge is 2.40. The number of carbonyl (C=O) groups is 4. The molecule has 0 aliphatic carbocycles.